The van der Waals surface area contributed by atoms with E-state index in [2.05, 4.69) is 15.7 Å². The molecule has 8 nitrogen and oxygen atoms in total. The van der Waals surface area contributed by atoms with Gasteiger partial charge >= 0.3 is 0 Å². The van der Waals surface area contributed by atoms with Crippen LogP contribution in [-0.2, 0) is 11.3 Å². The van der Waals surface area contributed by atoms with Gasteiger partial charge in [0.05, 0.1) is 11.3 Å². The number of nitrogens with one attached hydrogen (secondary N) is 2. The maximum Gasteiger partial charge on any atom is 0.257 e. The topological polar surface area (TPSA) is 98.0 Å². The molecule has 3 aromatic rings. The van der Waals surface area contributed by atoms with Gasteiger partial charge in [-0.1, -0.05) is 25.3 Å². The first-order valence-electron chi connectivity index (χ1n) is 10.5. The van der Waals surface area contributed by atoms with E-state index in [9.17, 15) is 14.4 Å². The van der Waals surface area contributed by atoms with Crippen LogP contribution in [0.25, 0.3) is 5.69 Å². The van der Waals surface area contributed by atoms with Gasteiger partial charge in [-0.25, -0.2) is 4.68 Å². The Morgan fingerprint density at radius 2 is 1.90 bits per heavy atom. The summed E-state index contributed by atoms with van der Waals surface area (Å²) in [5, 5.41) is 10.0. The van der Waals surface area contributed by atoms with Crippen molar-refractivity contribution in [2.75, 3.05) is 5.32 Å². The van der Waals surface area contributed by atoms with E-state index in [4.69, 9.17) is 0 Å². The fourth-order valence-corrected chi connectivity index (χ4v) is 3.82. The molecule has 2 N–H and O–H groups in total. The van der Waals surface area contributed by atoms with Crippen molar-refractivity contribution < 1.29 is 9.59 Å². The second-order valence-electron chi connectivity index (χ2n) is 7.74. The summed E-state index contributed by atoms with van der Waals surface area (Å²) in [5.41, 5.74) is 1.39. The van der Waals surface area contributed by atoms with Crippen molar-refractivity contribution in [3.8, 4) is 5.69 Å². The Morgan fingerprint density at radius 1 is 1.06 bits per heavy atom. The van der Waals surface area contributed by atoms with E-state index in [1.54, 1.807) is 23.0 Å². The zero-order chi connectivity index (χ0) is 21.6. The minimum atomic E-state index is -0.362. The molecule has 4 rings (SSSR count). The van der Waals surface area contributed by atoms with Crippen molar-refractivity contribution >= 4 is 17.5 Å². The Morgan fingerprint density at radius 3 is 2.68 bits per heavy atom. The number of anilines is 1. The molecule has 1 fully saturated rings. The number of benzene rings is 1. The molecule has 0 radical (unpaired) electrons. The minimum absolute atomic E-state index is 0.106. The summed E-state index contributed by atoms with van der Waals surface area (Å²) in [6.07, 6.45) is 10.3. The van der Waals surface area contributed by atoms with Gasteiger partial charge in [0.2, 0.25) is 5.91 Å². The summed E-state index contributed by atoms with van der Waals surface area (Å²) in [4.78, 5) is 37.3. The van der Waals surface area contributed by atoms with Gasteiger partial charge in [-0.3, -0.25) is 14.4 Å². The summed E-state index contributed by atoms with van der Waals surface area (Å²) < 4.78 is 2.97. The quantitative estimate of drug-likeness (QED) is 0.642. The summed E-state index contributed by atoms with van der Waals surface area (Å²) in [6.45, 7) is -0.106. The van der Waals surface area contributed by atoms with Crippen LogP contribution in [0.4, 0.5) is 5.69 Å². The highest BCUT2D eigenvalue weighted by atomic mass is 16.2. The number of pyridine rings is 1. The van der Waals surface area contributed by atoms with E-state index in [0.29, 0.717) is 11.3 Å². The average Bonchev–Trinajstić information content (AvgIpc) is 3.31. The zero-order valence-electron chi connectivity index (χ0n) is 17.2. The SMILES string of the molecule is O=C(Cn1cc(C(=O)Nc2cccc(-n3cccn3)c2)ccc1=O)NC1CCCCC1. The molecule has 0 saturated heterocycles. The third kappa shape index (κ3) is 5.28. The van der Waals surface area contributed by atoms with Crippen LogP contribution in [0.1, 0.15) is 42.5 Å². The smallest absolute Gasteiger partial charge is 0.257 e. The highest BCUT2D eigenvalue weighted by Crippen LogP contribution is 2.17. The molecule has 0 spiro atoms. The molecule has 160 valence electrons. The second-order valence-corrected chi connectivity index (χ2v) is 7.74. The van der Waals surface area contributed by atoms with E-state index in [-0.39, 0.29) is 30.0 Å². The van der Waals surface area contributed by atoms with Crippen LogP contribution >= 0.6 is 0 Å². The Hall–Kier alpha value is -3.68. The molecular formula is C23H25N5O3. The summed E-state index contributed by atoms with van der Waals surface area (Å²) in [7, 11) is 0. The molecule has 2 heterocycles. The number of carbonyl (C=O) groups is 2. The van der Waals surface area contributed by atoms with Crippen LogP contribution in [0, 0.1) is 0 Å². The van der Waals surface area contributed by atoms with Gasteiger partial charge in [0, 0.05) is 36.4 Å². The number of nitrogens with zero attached hydrogens (tertiary/aromatic N) is 3. The Kier molecular flexibility index (Phi) is 6.26. The number of carbonyl (C=O) groups excluding carboxylic acids is 2. The molecule has 2 aromatic heterocycles. The van der Waals surface area contributed by atoms with Gasteiger partial charge in [0.25, 0.3) is 11.5 Å². The van der Waals surface area contributed by atoms with Crippen molar-refractivity contribution in [3.63, 3.8) is 0 Å². The Balaban J connectivity index is 1.43. The lowest BCUT2D eigenvalue weighted by Gasteiger charge is -2.22. The van der Waals surface area contributed by atoms with Gasteiger partial charge < -0.3 is 15.2 Å². The molecule has 2 amide bonds. The standard InChI is InChI=1S/C23H25N5O3/c29-21(25-18-6-2-1-3-7-18)16-27-15-17(10-11-22(27)30)23(31)26-19-8-4-9-20(14-19)28-13-5-12-24-28/h4-5,8-15,18H,1-3,6-7,16H2,(H,25,29)(H,26,31). The molecule has 1 aliphatic rings. The Labute approximate surface area is 179 Å². The lowest BCUT2D eigenvalue weighted by Crippen LogP contribution is -2.39. The molecule has 31 heavy (non-hydrogen) atoms. The van der Waals surface area contributed by atoms with Crippen LogP contribution in [-0.4, -0.2) is 32.2 Å². The largest absolute Gasteiger partial charge is 0.352 e. The van der Waals surface area contributed by atoms with Crippen molar-refractivity contribution in [3.05, 3.63) is 77.0 Å². The van der Waals surface area contributed by atoms with E-state index in [0.717, 1.165) is 31.4 Å². The maximum absolute atomic E-state index is 12.7. The molecule has 0 bridgehead atoms. The lowest BCUT2D eigenvalue weighted by molar-refractivity contribution is -0.122. The third-order valence-electron chi connectivity index (χ3n) is 5.40. The monoisotopic (exact) mass is 419 g/mol. The van der Waals surface area contributed by atoms with Crippen LogP contribution in [0.3, 0.4) is 0 Å². The average molecular weight is 419 g/mol. The van der Waals surface area contributed by atoms with E-state index < -0.39 is 0 Å². The highest BCUT2D eigenvalue weighted by molar-refractivity contribution is 6.04. The molecule has 1 aromatic carbocycles. The molecule has 0 aliphatic heterocycles. The van der Waals surface area contributed by atoms with Crippen LogP contribution in [0.5, 0.6) is 0 Å². The second kappa shape index (κ2) is 9.42. The number of hydrogen-bond donors (Lipinski definition) is 2. The summed E-state index contributed by atoms with van der Waals surface area (Å²) in [5.74, 6) is -0.572. The number of rotatable bonds is 6. The van der Waals surface area contributed by atoms with Gasteiger partial charge in [-0.05, 0) is 43.2 Å². The number of aromatic nitrogens is 3. The first-order valence-corrected chi connectivity index (χ1v) is 10.5. The molecule has 0 atom stereocenters. The van der Waals surface area contributed by atoms with Crippen molar-refractivity contribution in [1.82, 2.24) is 19.7 Å². The van der Waals surface area contributed by atoms with Crippen molar-refractivity contribution in [2.45, 2.75) is 44.7 Å². The van der Waals surface area contributed by atoms with Gasteiger partial charge in [0.15, 0.2) is 0 Å². The third-order valence-corrected chi connectivity index (χ3v) is 5.40. The van der Waals surface area contributed by atoms with Crippen molar-refractivity contribution in [2.24, 2.45) is 0 Å². The molecule has 8 heteroatoms. The molecule has 0 unspecified atom stereocenters. The Bertz CT molecular complexity index is 1110. The number of amides is 2. The summed E-state index contributed by atoms with van der Waals surface area (Å²) >= 11 is 0. The van der Waals surface area contributed by atoms with E-state index in [1.165, 1.54) is 29.3 Å². The predicted molar refractivity (Wildman–Crippen MR) is 117 cm³/mol. The fraction of sp³-hybridized carbons (Fsp3) is 0.304. The van der Waals surface area contributed by atoms with Crippen LogP contribution in [0.2, 0.25) is 0 Å². The molecular weight excluding hydrogens is 394 g/mol. The van der Waals surface area contributed by atoms with Crippen LogP contribution < -0.4 is 16.2 Å². The normalized spacial score (nSPS) is 14.2. The van der Waals surface area contributed by atoms with E-state index in [1.807, 2.05) is 24.4 Å². The first kappa shape index (κ1) is 20.6. The van der Waals surface area contributed by atoms with Crippen LogP contribution in [0.15, 0.2) is 65.8 Å². The first-order chi connectivity index (χ1) is 15.1. The highest BCUT2D eigenvalue weighted by Gasteiger charge is 2.17. The summed E-state index contributed by atoms with van der Waals surface area (Å²) in [6, 6.07) is 12.0. The maximum atomic E-state index is 12.7. The van der Waals surface area contributed by atoms with Gasteiger partial charge in [-0.15, -0.1) is 0 Å². The van der Waals surface area contributed by atoms with Crippen molar-refractivity contribution in [1.29, 1.82) is 0 Å². The molecule has 1 aliphatic carbocycles. The van der Waals surface area contributed by atoms with Gasteiger partial charge in [-0.2, -0.15) is 5.10 Å². The number of hydrogen-bond acceptors (Lipinski definition) is 4. The zero-order valence-corrected chi connectivity index (χ0v) is 17.2. The fourth-order valence-electron chi connectivity index (χ4n) is 3.82. The van der Waals surface area contributed by atoms with E-state index >= 15 is 0 Å². The van der Waals surface area contributed by atoms with Gasteiger partial charge in [0.1, 0.15) is 6.54 Å². The lowest BCUT2D eigenvalue weighted by atomic mass is 9.95. The predicted octanol–water partition coefficient (Wildman–Crippen LogP) is 2.74. The molecule has 1 saturated carbocycles. The minimum Gasteiger partial charge on any atom is -0.352 e.